The number of hydrogen-bond acceptors (Lipinski definition) is 2. The molecule has 0 radical (unpaired) electrons. The van der Waals surface area contributed by atoms with Crippen LogP contribution in [0.2, 0.25) is 5.02 Å². The number of amides is 1. The number of aliphatic carboxylic acids is 1. The van der Waals surface area contributed by atoms with Crippen LogP contribution < -0.4 is 0 Å². The monoisotopic (exact) mass is 285 g/mol. The molecule has 0 saturated carbocycles. The Bertz CT molecular complexity index is 547. The summed E-state index contributed by atoms with van der Waals surface area (Å²) in [7, 11) is 0. The van der Waals surface area contributed by atoms with Crippen molar-refractivity contribution in [1.82, 2.24) is 4.90 Å². The third-order valence-corrected chi connectivity index (χ3v) is 3.59. The molecule has 1 heterocycles. The number of carbonyl (C=O) groups excluding carboxylic acids is 1. The van der Waals surface area contributed by atoms with Gasteiger partial charge in [-0.15, -0.1) is 0 Å². The number of carbonyl (C=O) groups is 2. The van der Waals surface area contributed by atoms with Crippen LogP contribution >= 0.6 is 11.6 Å². The smallest absolute Gasteiger partial charge is 0.326 e. The van der Waals surface area contributed by atoms with Crippen LogP contribution in [0.1, 0.15) is 28.8 Å². The summed E-state index contributed by atoms with van der Waals surface area (Å²) in [6, 6.07) is 1.61. The summed E-state index contributed by atoms with van der Waals surface area (Å²) in [5.74, 6) is -1.98. The SMILES string of the molecule is Cc1cc(C(=O)N2CCCC2C(=O)O)c(Cl)cc1F. The fraction of sp³-hybridized carbons (Fsp3) is 0.385. The predicted octanol–water partition coefficient (Wildman–Crippen LogP) is 2.48. The average Bonchev–Trinajstić information content (AvgIpc) is 2.82. The maximum atomic E-state index is 13.3. The Kier molecular flexibility index (Phi) is 3.75. The number of hydrogen-bond donors (Lipinski definition) is 1. The second kappa shape index (κ2) is 5.17. The Morgan fingerprint density at radius 1 is 1.47 bits per heavy atom. The minimum absolute atomic E-state index is 0.00383. The highest BCUT2D eigenvalue weighted by Crippen LogP contribution is 2.26. The Hall–Kier alpha value is -1.62. The van der Waals surface area contributed by atoms with E-state index >= 15 is 0 Å². The number of benzene rings is 1. The molecule has 1 aliphatic heterocycles. The topological polar surface area (TPSA) is 57.6 Å². The fourth-order valence-corrected chi connectivity index (χ4v) is 2.47. The number of rotatable bonds is 2. The zero-order chi connectivity index (χ0) is 14.2. The van der Waals surface area contributed by atoms with E-state index in [-0.39, 0.29) is 10.6 Å². The molecule has 0 aromatic heterocycles. The van der Waals surface area contributed by atoms with E-state index in [1.54, 1.807) is 0 Å². The van der Waals surface area contributed by atoms with Crippen molar-refractivity contribution < 1.29 is 19.1 Å². The van der Waals surface area contributed by atoms with Gasteiger partial charge in [-0.1, -0.05) is 11.6 Å². The summed E-state index contributed by atoms with van der Waals surface area (Å²) in [5.41, 5.74) is 0.451. The van der Waals surface area contributed by atoms with Crippen molar-refractivity contribution in [1.29, 1.82) is 0 Å². The van der Waals surface area contributed by atoms with Gasteiger partial charge in [-0.2, -0.15) is 0 Å². The standard InChI is InChI=1S/C13H13ClFNO3/c1-7-5-8(9(14)6-10(7)15)12(17)16-4-2-3-11(16)13(18)19/h5-6,11H,2-4H2,1H3,(H,18,19). The van der Waals surface area contributed by atoms with Gasteiger partial charge in [0, 0.05) is 6.54 Å². The molecule has 2 rings (SSSR count). The molecular weight excluding hydrogens is 273 g/mol. The van der Waals surface area contributed by atoms with Crippen molar-refractivity contribution in [3.05, 3.63) is 34.1 Å². The maximum Gasteiger partial charge on any atom is 0.326 e. The Labute approximate surface area is 114 Å². The molecule has 19 heavy (non-hydrogen) atoms. The molecule has 0 bridgehead atoms. The molecule has 1 aromatic carbocycles. The van der Waals surface area contributed by atoms with Gasteiger partial charge in [0.25, 0.3) is 5.91 Å². The summed E-state index contributed by atoms with van der Waals surface area (Å²) >= 11 is 5.87. The van der Waals surface area contributed by atoms with E-state index in [4.69, 9.17) is 16.7 Å². The molecule has 6 heteroatoms. The second-order valence-electron chi connectivity index (χ2n) is 4.58. The zero-order valence-electron chi connectivity index (χ0n) is 10.3. The highest BCUT2D eigenvalue weighted by molar-refractivity contribution is 6.33. The van der Waals surface area contributed by atoms with Gasteiger partial charge in [0.05, 0.1) is 10.6 Å². The molecule has 0 aliphatic carbocycles. The maximum absolute atomic E-state index is 13.3. The van der Waals surface area contributed by atoms with E-state index in [0.717, 1.165) is 6.07 Å². The first-order valence-electron chi connectivity index (χ1n) is 5.91. The Balaban J connectivity index is 2.34. The van der Waals surface area contributed by atoms with Crippen LogP contribution in [0, 0.1) is 12.7 Å². The van der Waals surface area contributed by atoms with Gasteiger partial charge < -0.3 is 10.0 Å². The lowest BCUT2D eigenvalue weighted by Gasteiger charge is -2.22. The Morgan fingerprint density at radius 3 is 2.79 bits per heavy atom. The quantitative estimate of drug-likeness (QED) is 0.908. The lowest BCUT2D eigenvalue weighted by atomic mass is 10.1. The summed E-state index contributed by atoms with van der Waals surface area (Å²) in [5, 5.41) is 9.06. The van der Waals surface area contributed by atoms with Gasteiger partial charge >= 0.3 is 5.97 Å². The molecule has 1 atom stereocenters. The lowest BCUT2D eigenvalue weighted by molar-refractivity contribution is -0.141. The number of carboxylic acids is 1. The molecule has 1 fully saturated rings. The van der Waals surface area contributed by atoms with Crippen molar-refractivity contribution in [2.75, 3.05) is 6.54 Å². The lowest BCUT2D eigenvalue weighted by Crippen LogP contribution is -2.40. The van der Waals surface area contributed by atoms with Crippen molar-refractivity contribution in [3.63, 3.8) is 0 Å². The van der Waals surface area contributed by atoms with Crippen LogP contribution in [0.25, 0.3) is 0 Å². The number of likely N-dealkylation sites (tertiary alicyclic amines) is 1. The van der Waals surface area contributed by atoms with E-state index in [9.17, 15) is 14.0 Å². The first kappa shape index (κ1) is 13.8. The molecule has 102 valence electrons. The zero-order valence-corrected chi connectivity index (χ0v) is 11.1. The number of aryl methyl sites for hydroxylation is 1. The number of halogens is 2. The minimum Gasteiger partial charge on any atom is -0.480 e. The number of carboxylic acid groups (broad SMARTS) is 1. The molecule has 1 unspecified atom stereocenters. The van der Waals surface area contributed by atoms with Gasteiger partial charge in [-0.3, -0.25) is 4.79 Å². The minimum atomic E-state index is -1.03. The van der Waals surface area contributed by atoms with Crippen molar-refractivity contribution in [2.45, 2.75) is 25.8 Å². The summed E-state index contributed by atoms with van der Waals surface area (Å²) < 4.78 is 13.3. The normalized spacial score (nSPS) is 18.7. The summed E-state index contributed by atoms with van der Waals surface area (Å²) in [4.78, 5) is 24.6. The van der Waals surface area contributed by atoms with Gasteiger partial charge in [-0.05, 0) is 37.5 Å². The summed E-state index contributed by atoms with van der Waals surface area (Å²) in [6.07, 6.45) is 1.07. The van der Waals surface area contributed by atoms with Crippen LogP contribution in [-0.4, -0.2) is 34.5 Å². The van der Waals surface area contributed by atoms with Crippen molar-refractivity contribution >= 4 is 23.5 Å². The van der Waals surface area contributed by atoms with E-state index in [0.29, 0.717) is 24.9 Å². The summed E-state index contributed by atoms with van der Waals surface area (Å²) in [6.45, 7) is 1.91. The number of nitrogens with zero attached hydrogens (tertiary/aromatic N) is 1. The first-order chi connectivity index (χ1) is 8.91. The average molecular weight is 286 g/mol. The fourth-order valence-electron chi connectivity index (χ4n) is 2.24. The molecule has 1 amide bonds. The predicted molar refractivity (Wildman–Crippen MR) is 67.8 cm³/mol. The van der Waals surface area contributed by atoms with Crippen molar-refractivity contribution in [2.24, 2.45) is 0 Å². The van der Waals surface area contributed by atoms with Gasteiger partial charge in [-0.25, -0.2) is 9.18 Å². The molecule has 1 aliphatic rings. The molecule has 1 saturated heterocycles. The largest absolute Gasteiger partial charge is 0.480 e. The first-order valence-corrected chi connectivity index (χ1v) is 6.29. The third-order valence-electron chi connectivity index (χ3n) is 3.28. The van der Waals surface area contributed by atoms with E-state index in [2.05, 4.69) is 0 Å². The second-order valence-corrected chi connectivity index (χ2v) is 4.98. The van der Waals surface area contributed by atoms with Crippen LogP contribution in [0.5, 0.6) is 0 Å². The van der Waals surface area contributed by atoms with Crippen LogP contribution in [0.15, 0.2) is 12.1 Å². The highest BCUT2D eigenvalue weighted by atomic mass is 35.5. The van der Waals surface area contributed by atoms with E-state index in [1.807, 2.05) is 0 Å². The third kappa shape index (κ3) is 2.56. The molecule has 1 aromatic rings. The van der Waals surface area contributed by atoms with E-state index in [1.165, 1.54) is 17.9 Å². The Morgan fingerprint density at radius 2 is 2.16 bits per heavy atom. The highest BCUT2D eigenvalue weighted by Gasteiger charge is 2.35. The van der Waals surface area contributed by atoms with Gasteiger partial charge in [0.2, 0.25) is 0 Å². The van der Waals surface area contributed by atoms with E-state index < -0.39 is 23.7 Å². The van der Waals surface area contributed by atoms with Crippen LogP contribution in [0.3, 0.4) is 0 Å². The van der Waals surface area contributed by atoms with Crippen LogP contribution in [-0.2, 0) is 4.79 Å². The molecule has 4 nitrogen and oxygen atoms in total. The van der Waals surface area contributed by atoms with Gasteiger partial charge in [0.1, 0.15) is 11.9 Å². The molecule has 0 spiro atoms. The van der Waals surface area contributed by atoms with Gasteiger partial charge in [0.15, 0.2) is 0 Å². The van der Waals surface area contributed by atoms with Crippen LogP contribution in [0.4, 0.5) is 4.39 Å². The molecule has 1 N–H and O–H groups in total. The molecular formula is C13H13ClFNO3. The van der Waals surface area contributed by atoms with Crippen molar-refractivity contribution in [3.8, 4) is 0 Å².